The number of halogens is 2. The Morgan fingerprint density at radius 1 is 1.19 bits per heavy atom. The molecular weight excluding hydrogens is 357 g/mol. The van der Waals surface area contributed by atoms with Gasteiger partial charge in [0.1, 0.15) is 5.82 Å². The number of aryl methyl sites for hydroxylation is 1. The molecule has 0 unspecified atom stereocenters. The Morgan fingerprint density at radius 2 is 1.96 bits per heavy atom. The lowest BCUT2D eigenvalue weighted by atomic mass is 10.2. The summed E-state index contributed by atoms with van der Waals surface area (Å²) in [7, 11) is 1.61. The van der Waals surface area contributed by atoms with Crippen molar-refractivity contribution >= 4 is 17.5 Å². The van der Waals surface area contributed by atoms with Gasteiger partial charge in [-0.15, -0.1) is 0 Å². The Kier molecular flexibility index (Phi) is 5.63. The van der Waals surface area contributed by atoms with E-state index in [0.717, 1.165) is 5.56 Å². The molecule has 0 N–H and O–H groups in total. The van der Waals surface area contributed by atoms with Crippen LogP contribution in [0, 0.1) is 5.82 Å². The highest BCUT2D eigenvalue weighted by atomic mass is 35.5. The number of hydrogen-bond acceptors (Lipinski definition) is 4. The first-order valence-corrected chi connectivity index (χ1v) is 8.47. The number of benzene rings is 2. The van der Waals surface area contributed by atoms with E-state index in [0.29, 0.717) is 28.7 Å². The van der Waals surface area contributed by atoms with Gasteiger partial charge < -0.3 is 9.42 Å². The van der Waals surface area contributed by atoms with E-state index in [4.69, 9.17) is 16.1 Å². The van der Waals surface area contributed by atoms with Gasteiger partial charge in [-0.2, -0.15) is 4.98 Å². The van der Waals surface area contributed by atoms with Crippen molar-refractivity contribution in [1.29, 1.82) is 0 Å². The third-order valence-electron chi connectivity index (χ3n) is 3.94. The minimum Gasteiger partial charge on any atom is -0.341 e. The van der Waals surface area contributed by atoms with E-state index in [1.165, 1.54) is 17.0 Å². The van der Waals surface area contributed by atoms with Crippen LogP contribution in [-0.2, 0) is 17.8 Å². The van der Waals surface area contributed by atoms with E-state index >= 15 is 0 Å². The summed E-state index contributed by atoms with van der Waals surface area (Å²) in [5.74, 6) is 0.277. The average Bonchev–Trinajstić information content (AvgIpc) is 3.12. The summed E-state index contributed by atoms with van der Waals surface area (Å²) in [5, 5.41) is 4.22. The zero-order valence-corrected chi connectivity index (χ0v) is 14.9. The van der Waals surface area contributed by atoms with Gasteiger partial charge in [-0.05, 0) is 12.1 Å². The smallest absolute Gasteiger partial charge is 0.227 e. The van der Waals surface area contributed by atoms with Crippen molar-refractivity contribution < 1.29 is 13.7 Å². The van der Waals surface area contributed by atoms with Crippen LogP contribution in [0.1, 0.15) is 17.9 Å². The molecule has 0 saturated carbocycles. The van der Waals surface area contributed by atoms with Crippen LogP contribution in [0.5, 0.6) is 0 Å². The lowest BCUT2D eigenvalue weighted by molar-refractivity contribution is -0.130. The SMILES string of the molecule is CN(Cc1c(F)cccc1Cl)C(=O)CCc1nc(-c2ccccc2)no1. The molecule has 3 aromatic rings. The third-order valence-corrected chi connectivity index (χ3v) is 4.29. The topological polar surface area (TPSA) is 59.2 Å². The Labute approximate surface area is 155 Å². The summed E-state index contributed by atoms with van der Waals surface area (Å²) in [6, 6.07) is 13.9. The highest BCUT2D eigenvalue weighted by Gasteiger charge is 2.16. The summed E-state index contributed by atoms with van der Waals surface area (Å²) in [5.41, 5.74) is 1.15. The maximum atomic E-state index is 13.8. The van der Waals surface area contributed by atoms with Crippen molar-refractivity contribution in [2.24, 2.45) is 0 Å². The molecule has 0 aliphatic rings. The van der Waals surface area contributed by atoms with Gasteiger partial charge in [-0.25, -0.2) is 4.39 Å². The molecule has 3 rings (SSSR count). The van der Waals surface area contributed by atoms with Crippen LogP contribution in [0.2, 0.25) is 5.02 Å². The molecule has 0 atom stereocenters. The van der Waals surface area contributed by atoms with Crippen molar-refractivity contribution in [2.75, 3.05) is 7.05 Å². The minimum atomic E-state index is -0.429. The first-order chi connectivity index (χ1) is 12.5. The van der Waals surface area contributed by atoms with Crippen LogP contribution in [0.3, 0.4) is 0 Å². The van der Waals surface area contributed by atoms with Gasteiger partial charge in [0.25, 0.3) is 0 Å². The predicted molar refractivity (Wildman–Crippen MR) is 95.9 cm³/mol. The molecule has 0 saturated heterocycles. The van der Waals surface area contributed by atoms with Crippen LogP contribution in [-0.4, -0.2) is 28.0 Å². The van der Waals surface area contributed by atoms with E-state index in [1.54, 1.807) is 13.1 Å². The van der Waals surface area contributed by atoms with Crippen molar-refractivity contribution in [3.8, 4) is 11.4 Å². The summed E-state index contributed by atoms with van der Waals surface area (Å²) in [6.45, 7) is 0.101. The Hall–Kier alpha value is -2.73. The van der Waals surface area contributed by atoms with Gasteiger partial charge in [-0.3, -0.25) is 4.79 Å². The minimum absolute atomic E-state index is 0.101. The zero-order chi connectivity index (χ0) is 18.5. The monoisotopic (exact) mass is 373 g/mol. The number of carbonyl (C=O) groups excluding carboxylic acids is 1. The maximum Gasteiger partial charge on any atom is 0.227 e. The molecule has 0 bridgehead atoms. The number of nitrogens with zero attached hydrogens (tertiary/aromatic N) is 3. The molecule has 1 aromatic heterocycles. The number of aromatic nitrogens is 2. The van der Waals surface area contributed by atoms with Crippen LogP contribution >= 0.6 is 11.6 Å². The largest absolute Gasteiger partial charge is 0.341 e. The number of rotatable bonds is 6. The van der Waals surface area contributed by atoms with Gasteiger partial charge in [0.05, 0.1) is 0 Å². The second kappa shape index (κ2) is 8.10. The Morgan fingerprint density at radius 3 is 2.69 bits per heavy atom. The van der Waals surface area contributed by atoms with Gasteiger partial charge in [0, 0.05) is 42.6 Å². The Bertz CT molecular complexity index is 879. The van der Waals surface area contributed by atoms with Crippen LogP contribution in [0.4, 0.5) is 4.39 Å². The molecule has 0 spiro atoms. The molecule has 26 heavy (non-hydrogen) atoms. The highest BCUT2D eigenvalue weighted by Crippen LogP contribution is 2.21. The van der Waals surface area contributed by atoms with E-state index in [1.807, 2.05) is 30.3 Å². The van der Waals surface area contributed by atoms with Crippen LogP contribution < -0.4 is 0 Å². The fraction of sp³-hybridized carbons (Fsp3) is 0.211. The van der Waals surface area contributed by atoms with Crippen molar-refractivity contribution in [3.63, 3.8) is 0 Å². The summed E-state index contributed by atoms with van der Waals surface area (Å²) < 4.78 is 19.0. The lowest BCUT2D eigenvalue weighted by Gasteiger charge is -2.18. The van der Waals surface area contributed by atoms with Crippen molar-refractivity contribution in [3.05, 3.63) is 70.8 Å². The van der Waals surface area contributed by atoms with Crippen molar-refractivity contribution in [1.82, 2.24) is 15.0 Å². The molecule has 0 aliphatic heterocycles. The van der Waals surface area contributed by atoms with E-state index in [2.05, 4.69) is 10.1 Å². The normalized spacial score (nSPS) is 10.7. The molecule has 2 aromatic carbocycles. The molecule has 5 nitrogen and oxygen atoms in total. The molecule has 0 radical (unpaired) electrons. The first-order valence-electron chi connectivity index (χ1n) is 8.09. The molecule has 1 amide bonds. The fourth-order valence-corrected chi connectivity index (χ4v) is 2.70. The molecule has 1 heterocycles. The standard InChI is InChI=1S/C19H17ClFN3O2/c1-24(12-14-15(20)8-5-9-16(14)21)18(25)11-10-17-22-19(23-26-17)13-6-3-2-4-7-13/h2-9H,10-12H2,1H3. The highest BCUT2D eigenvalue weighted by molar-refractivity contribution is 6.31. The summed E-state index contributed by atoms with van der Waals surface area (Å²) in [4.78, 5) is 18.0. The average molecular weight is 374 g/mol. The molecule has 7 heteroatoms. The summed E-state index contributed by atoms with van der Waals surface area (Å²) in [6.07, 6.45) is 0.493. The number of carbonyl (C=O) groups is 1. The fourth-order valence-electron chi connectivity index (χ4n) is 2.47. The zero-order valence-electron chi connectivity index (χ0n) is 14.2. The molecular formula is C19H17ClFN3O2. The maximum absolute atomic E-state index is 13.8. The quantitative estimate of drug-likeness (QED) is 0.652. The lowest BCUT2D eigenvalue weighted by Crippen LogP contribution is -2.27. The van der Waals surface area contributed by atoms with Gasteiger partial charge in [0.2, 0.25) is 17.6 Å². The number of amides is 1. The van der Waals surface area contributed by atoms with Gasteiger partial charge in [-0.1, -0.05) is 53.2 Å². The Balaban J connectivity index is 1.58. The van der Waals surface area contributed by atoms with E-state index < -0.39 is 5.82 Å². The van der Waals surface area contributed by atoms with Gasteiger partial charge >= 0.3 is 0 Å². The third kappa shape index (κ3) is 4.26. The van der Waals surface area contributed by atoms with Crippen LogP contribution in [0.25, 0.3) is 11.4 Å². The number of hydrogen-bond donors (Lipinski definition) is 0. The van der Waals surface area contributed by atoms with Gasteiger partial charge in [0.15, 0.2) is 0 Å². The molecule has 134 valence electrons. The first kappa shape index (κ1) is 18.1. The second-order valence-electron chi connectivity index (χ2n) is 5.83. The van der Waals surface area contributed by atoms with E-state index in [-0.39, 0.29) is 18.9 Å². The van der Waals surface area contributed by atoms with Crippen molar-refractivity contribution in [2.45, 2.75) is 19.4 Å². The molecule has 0 aliphatic carbocycles. The predicted octanol–water partition coefficient (Wildman–Crippen LogP) is 4.12. The molecule has 0 fully saturated rings. The van der Waals surface area contributed by atoms with Crippen LogP contribution in [0.15, 0.2) is 53.1 Å². The summed E-state index contributed by atoms with van der Waals surface area (Å²) >= 11 is 6.00. The van der Waals surface area contributed by atoms with E-state index in [9.17, 15) is 9.18 Å². The second-order valence-corrected chi connectivity index (χ2v) is 6.23.